The first kappa shape index (κ1) is 13.7. The third-order valence-electron chi connectivity index (χ3n) is 3.19. The van der Waals surface area contributed by atoms with Crippen molar-refractivity contribution in [1.29, 1.82) is 0 Å². The molecule has 1 heterocycles. The fraction of sp³-hybridized carbons (Fsp3) is 0.667. The summed E-state index contributed by atoms with van der Waals surface area (Å²) in [5.41, 5.74) is -0.441. The average Bonchev–Trinajstić information content (AvgIpc) is 2.28. The van der Waals surface area contributed by atoms with E-state index < -0.39 is 11.4 Å². The van der Waals surface area contributed by atoms with E-state index in [4.69, 9.17) is 5.11 Å². The number of nitrogens with one attached hydrogen (secondary N) is 1. The molecular weight excluding hydrogens is 220 g/mol. The number of nitrogens with zero attached hydrogens (tertiary/aromatic N) is 1. The van der Waals surface area contributed by atoms with Crippen molar-refractivity contribution >= 4 is 11.9 Å². The summed E-state index contributed by atoms with van der Waals surface area (Å²) >= 11 is 0. The third-order valence-corrected chi connectivity index (χ3v) is 3.19. The number of rotatable bonds is 5. The molecule has 1 aliphatic heterocycles. The van der Waals surface area contributed by atoms with Crippen LogP contribution in [0.3, 0.4) is 0 Å². The van der Waals surface area contributed by atoms with E-state index in [0.717, 1.165) is 25.9 Å². The Morgan fingerprint density at radius 3 is 2.53 bits per heavy atom. The van der Waals surface area contributed by atoms with E-state index in [1.165, 1.54) is 4.90 Å². The van der Waals surface area contributed by atoms with Gasteiger partial charge in [-0.05, 0) is 25.9 Å². The average molecular weight is 240 g/mol. The largest absolute Gasteiger partial charge is 0.480 e. The number of amides is 1. The van der Waals surface area contributed by atoms with Gasteiger partial charge in [0.15, 0.2) is 0 Å². The number of carboxylic acids is 1. The fourth-order valence-electron chi connectivity index (χ4n) is 2.11. The number of aliphatic carboxylic acids is 1. The van der Waals surface area contributed by atoms with Gasteiger partial charge in [0.1, 0.15) is 6.54 Å². The lowest BCUT2D eigenvalue weighted by molar-refractivity contribution is -0.149. The number of piperidine rings is 1. The summed E-state index contributed by atoms with van der Waals surface area (Å²) in [4.78, 5) is 24.4. The topological polar surface area (TPSA) is 69.6 Å². The third kappa shape index (κ3) is 3.56. The molecule has 0 aromatic heterocycles. The molecule has 0 saturated carbocycles. The normalized spacial score (nSPS) is 18.4. The second kappa shape index (κ2) is 5.82. The predicted molar refractivity (Wildman–Crippen MR) is 64.6 cm³/mol. The minimum absolute atomic E-state index is 0.0821. The highest BCUT2D eigenvalue weighted by Crippen LogP contribution is 2.30. The van der Waals surface area contributed by atoms with Crippen molar-refractivity contribution in [2.45, 2.75) is 19.8 Å². The molecule has 2 N–H and O–H groups in total. The summed E-state index contributed by atoms with van der Waals surface area (Å²) in [6, 6.07) is 0. The Morgan fingerprint density at radius 1 is 1.47 bits per heavy atom. The van der Waals surface area contributed by atoms with E-state index in [-0.39, 0.29) is 19.0 Å². The molecule has 5 nitrogen and oxygen atoms in total. The molecule has 17 heavy (non-hydrogen) atoms. The van der Waals surface area contributed by atoms with Crippen LogP contribution in [0.2, 0.25) is 0 Å². The van der Waals surface area contributed by atoms with E-state index >= 15 is 0 Å². The number of hydrogen-bond acceptors (Lipinski definition) is 3. The van der Waals surface area contributed by atoms with Crippen LogP contribution >= 0.6 is 0 Å². The zero-order chi connectivity index (χ0) is 12.9. The number of carbonyl (C=O) groups is 2. The van der Waals surface area contributed by atoms with E-state index in [1.807, 2.05) is 6.92 Å². The Balaban J connectivity index is 2.74. The Kier molecular flexibility index (Phi) is 4.69. The lowest BCUT2D eigenvalue weighted by Gasteiger charge is -2.36. The highest BCUT2D eigenvalue weighted by Gasteiger charge is 2.37. The van der Waals surface area contributed by atoms with Gasteiger partial charge in [-0.25, -0.2) is 0 Å². The van der Waals surface area contributed by atoms with Gasteiger partial charge in [0.25, 0.3) is 0 Å². The van der Waals surface area contributed by atoms with Gasteiger partial charge in [0.05, 0.1) is 0 Å². The highest BCUT2D eigenvalue weighted by molar-refractivity contribution is 5.86. The molecular formula is C12H20N2O3. The molecule has 0 radical (unpaired) electrons. The van der Waals surface area contributed by atoms with Gasteiger partial charge in [0, 0.05) is 12.0 Å². The Hall–Kier alpha value is -1.36. The van der Waals surface area contributed by atoms with Crippen LogP contribution in [0, 0.1) is 5.41 Å². The molecule has 0 spiro atoms. The van der Waals surface area contributed by atoms with Crippen LogP contribution in [0.25, 0.3) is 0 Å². The van der Waals surface area contributed by atoms with E-state index in [1.54, 1.807) is 6.08 Å². The number of hydrogen-bond donors (Lipinski definition) is 2. The van der Waals surface area contributed by atoms with Crippen molar-refractivity contribution in [3.63, 3.8) is 0 Å². The summed E-state index contributed by atoms with van der Waals surface area (Å²) in [6.07, 6.45) is 3.06. The molecule has 1 fully saturated rings. The second-order valence-electron chi connectivity index (χ2n) is 4.68. The Morgan fingerprint density at radius 2 is 2.06 bits per heavy atom. The summed E-state index contributed by atoms with van der Waals surface area (Å²) < 4.78 is 0. The first-order valence-corrected chi connectivity index (χ1v) is 5.82. The summed E-state index contributed by atoms with van der Waals surface area (Å²) in [6.45, 7) is 7.11. The molecule has 1 amide bonds. The standard InChI is InChI=1S/C12H20N2O3/c1-3-8-14(9-10(15)16)11(17)12(2)4-6-13-7-5-12/h3,13H,1,4-9H2,2H3,(H,15,16). The lowest BCUT2D eigenvalue weighted by Crippen LogP contribution is -2.49. The van der Waals surface area contributed by atoms with Gasteiger partial charge in [-0.1, -0.05) is 13.0 Å². The monoisotopic (exact) mass is 240 g/mol. The first-order chi connectivity index (χ1) is 7.99. The van der Waals surface area contributed by atoms with Crippen LogP contribution < -0.4 is 5.32 Å². The molecule has 0 aromatic carbocycles. The lowest BCUT2D eigenvalue weighted by atomic mass is 9.79. The van der Waals surface area contributed by atoms with Crippen molar-refractivity contribution in [2.24, 2.45) is 5.41 Å². The smallest absolute Gasteiger partial charge is 0.323 e. The van der Waals surface area contributed by atoms with Crippen LogP contribution in [-0.2, 0) is 9.59 Å². The van der Waals surface area contributed by atoms with Gasteiger partial charge < -0.3 is 15.3 Å². The molecule has 96 valence electrons. The van der Waals surface area contributed by atoms with Crippen molar-refractivity contribution in [2.75, 3.05) is 26.2 Å². The zero-order valence-corrected chi connectivity index (χ0v) is 10.2. The van der Waals surface area contributed by atoms with Crippen LogP contribution in [-0.4, -0.2) is 48.1 Å². The second-order valence-corrected chi connectivity index (χ2v) is 4.68. The quantitative estimate of drug-likeness (QED) is 0.686. The molecule has 1 aliphatic rings. The highest BCUT2D eigenvalue weighted by atomic mass is 16.4. The van der Waals surface area contributed by atoms with Crippen molar-refractivity contribution in [1.82, 2.24) is 10.2 Å². The minimum atomic E-state index is -0.988. The molecule has 0 aromatic rings. The van der Waals surface area contributed by atoms with Gasteiger partial charge in [-0.15, -0.1) is 6.58 Å². The van der Waals surface area contributed by atoms with E-state index in [9.17, 15) is 9.59 Å². The molecule has 5 heteroatoms. The van der Waals surface area contributed by atoms with Gasteiger partial charge in [-0.2, -0.15) is 0 Å². The fourth-order valence-corrected chi connectivity index (χ4v) is 2.11. The van der Waals surface area contributed by atoms with E-state index in [0.29, 0.717) is 0 Å². The summed E-state index contributed by atoms with van der Waals surface area (Å²) in [7, 11) is 0. The molecule has 1 saturated heterocycles. The van der Waals surface area contributed by atoms with Crippen LogP contribution in [0.4, 0.5) is 0 Å². The minimum Gasteiger partial charge on any atom is -0.480 e. The van der Waals surface area contributed by atoms with Gasteiger partial charge >= 0.3 is 5.97 Å². The first-order valence-electron chi connectivity index (χ1n) is 5.82. The summed E-state index contributed by atoms with van der Waals surface area (Å²) in [5, 5.41) is 12.0. The maximum atomic E-state index is 12.3. The van der Waals surface area contributed by atoms with Crippen molar-refractivity contribution < 1.29 is 14.7 Å². The SMILES string of the molecule is C=CCN(CC(=O)O)C(=O)C1(C)CCNCC1. The predicted octanol–water partition coefficient (Wildman–Crippen LogP) is 0.475. The Labute approximate surface area is 101 Å². The number of carboxylic acid groups (broad SMARTS) is 1. The van der Waals surface area contributed by atoms with Gasteiger partial charge in [-0.3, -0.25) is 9.59 Å². The maximum Gasteiger partial charge on any atom is 0.323 e. The molecule has 0 atom stereocenters. The molecule has 0 bridgehead atoms. The van der Waals surface area contributed by atoms with Gasteiger partial charge in [0.2, 0.25) is 5.91 Å². The maximum absolute atomic E-state index is 12.3. The van der Waals surface area contributed by atoms with Crippen molar-refractivity contribution in [3.05, 3.63) is 12.7 Å². The molecule has 0 aliphatic carbocycles. The van der Waals surface area contributed by atoms with Crippen molar-refractivity contribution in [3.8, 4) is 0 Å². The van der Waals surface area contributed by atoms with Crippen LogP contribution in [0.15, 0.2) is 12.7 Å². The molecule has 0 unspecified atom stereocenters. The van der Waals surface area contributed by atoms with Crippen LogP contribution in [0.5, 0.6) is 0 Å². The summed E-state index contributed by atoms with van der Waals surface area (Å²) in [5.74, 6) is -1.07. The molecule has 1 rings (SSSR count). The zero-order valence-electron chi connectivity index (χ0n) is 10.2. The van der Waals surface area contributed by atoms with Crippen LogP contribution in [0.1, 0.15) is 19.8 Å². The number of carbonyl (C=O) groups excluding carboxylic acids is 1. The Bertz CT molecular complexity index is 309. The van der Waals surface area contributed by atoms with E-state index in [2.05, 4.69) is 11.9 Å².